The van der Waals surface area contributed by atoms with E-state index in [9.17, 15) is 4.79 Å². The standard InChI is InChI=1S/C9H7NO4S/c11-9(12)7-1-2-8(13-7)15-5-6-3-4-10-14-6/h1-4H,5H2,(H,11,12). The Kier molecular flexibility index (Phi) is 2.77. The maximum Gasteiger partial charge on any atom is 0.371 e. The molecule has 15 heavy (non-hydrogen) atoms. The Hall–Kier alpha value is -1.69. The monoisotopic (exact) mass is 225 g/mol. The lowest BCUT2D eigenvalue weighted by atomic mass is 10.5. The Morgan fingerprint density at radius 1 is 1.47 bits per heavy atom. The van der Waals surface area contributed by atoms with Gasteiger partial charge in [-0.25, -0.2) is 4.79 Å². The molecule has 0 radical (unpaired) electrons. The summed E-state index contributed by atoms with van der Waals surface area (Å²) in [5.41, 5.74) is 0. The second kappa shape index (κ2) is 4.22. The van der Waals surface area contributed by atoms with E-state index >= 15 is 0 Å². The van der Waals surface area contributed by atoms with E-state index in [0.717, 1.165) is 0 Å². The highest BCUT2D eigenvalue weighted by Gasteiger charge is 2.09. The summed E-state index contributed by atoms with van der Waals surface area (Å²) in [5.74, 6) is 0.150. The lowest BCUT2D eigenvalue weighted by molar-refractivity contribution is 0.0656. The first kappa shape index (κ1) is 9.85. The van der Waals surface area contributed by atoms with Crippen molar-refractivity contribution in [3.8, 4) is 0 Å². The van der Waals surface area contributed by atoms with Crippen molar-refractivity contribution in [1.29, 1.82) is 0 Å². The van der Waals surface area contributed by atoms with Crippen molar-refractivity contribution in [2.45, 2.75) is 10.8 Å². The van der Waals surface area contributed by atoms with Gasteiger partial charge < -0.3 is 14.0 Å². The third-order valence-corrected chi connectivity index (χ3v) is 2.57. The van der Waals surface area contributed by atoms with Crippen LogP contribution in [0, 0.1) is 0 Å². The summed E-state index contributed by atoms with van der Waals surface area (Å²) in [4.78, 5) is 10.5. The fourth-order valence-corrected chi connectivity index (χ4v) is 1.72. The molecule has 0 saturated carbocycles. The van der Waals surface area contributed by atoms with Crippen molar-refractivity contribution in [2.75, 3.05) is 0 Å². The smallest absolute Gasteiger partial charge is 0.371 e. The lowest BCUT2D eigenvalue weighted by Crippen LogP contribution is -1.91. The number of nitrogens with zero attached hydrogens (tertiary/aromatic N) is 1. The number of thioether (sulfide) groups is 1. The predicted molar refractivity (Wildman–Crippen MR) is 51.7 cm³/mol. The van der Waals surface area contributed by atoms with E-state index < -0.39 is 5.97 Å². The molecule has 1 N–H and O–H groups in total. The number of rotatable bonds is 4. The molecule has 2 aromatic rings. The first-order valence-electron chi connectivity index (χ1n) is 4.11. The average molecular weight is 225 g/mol. The molecule has 0 saturated heterocycles. The van der Waals surface area contributed by atoms with Crippen LogP contribution in [0.4, 0.5) is 0 Å². The minimum atomic E-state index is -1.07. The van der Waals surface area contributed by atoms with Crippen molar-refractivity contribution in [3.63, 3.8) is 0 Å². The van der Waals surface area contributed by atoms with Crippen LogP contribution in [0.1, 0.15) is 16.3 Å². The van der Waals surface area contributed by atoms with Crippen LogP contribution in [0.2, 0.25) is 0 Å². The number of carboxylic acids is 1. The zero-order chi connectivity index (χ0) is 10.7. The quantitative estimate of drug-likeness (QED) is 0.804. The van der Waals surface area contributed by atoms with E-state index in [0.29, 0.717) is 16.6 Å². The van der Waals surface area contributed by atoms with Gasteiger partial charge in [0.05, 0.1) is 11.9 Å². The number of hydrogen-bond donors (Lipinski definition) is 1. The molecule has 0 bridgehead atoms. The Labute approximate surface area is 89.1 Å². The number of aromatic nitrogens is 1. The molecule has 0 aliphatic rings. The molecule has 6 heteroatoms. The molecular formula is C9H7NO4S. The van der Waals surface area contributed by atoms with Gasteiger partial charge in [-0.3, -0.25) is 0 Å². The Bertz CT molecular complexity index is 448. The zero-order valence-electron chi connectivity index (χ0n) is 7.54. The summed E-state index contributed by atoms with van der Waals surface area (Å²) in [6.45, 7) is 0. The molecule has 0 fully saturated rings. The van der Waals surface area contributed by atoms with Crippen LogP contribution in [0.5, 0.6) is 0 Å². The summed E-state index contributed by atoms with van der Waals surface area (Å²) in [6, 6.07) is 4.78. The summed E-state index contributed by atoms with van der Waals surface area (Å²) >= 11 is 1.35. The third kappa shape index (κ3) is 2.41. The molecule has 2 heterocycles. The van der Waals surface area contributed by atoms with Gasteiger partial charge in [0.2, 0.25) is 5.76 Å². The largest absolute Gasteiger partial charge is 0.475 e. The van der Waals surface area contributed by atoms with Crippen molar-refractivity contribution in [3.05, 3.63) is 35.9 Å². The van der Waals surface area contributed by atoms with Crippen molar-refractivity contribution >= 4 is 17.7 Å². The van der Waals surface area contributed by atoms with Crippen LogP contribution in [0.3, 0.4) is 0 Å². The minimum Gasteiger partial charge on any atom is -0.475 e. The van der Waals surface area contributed by atoms with E-state index in [1.807, 2.05) is 0 Å². The van der Waals surface area contributed by atoms with E-state index in [2.05, 4.69) is 5.16 Å². The van der Waals surface area contributed by atoms with Crippen LogP contribution >= 0.6 is 11.8 Å². The maximum absolute atomic E-state index is 10.5. The molecule has 0 amide bonds. The second-order valence-electron chi connectivity index (χ2n) is 2.69. The number of carboxylic acid groups (broad SMARTS) is 1. The average Bonchev–Trinajstić information content (AvgIpc) is 2.86. The highest BCUT2D eigenvalue weighted by molar-refractivity contribution is 7.98. The first-order chi connectivity index (χ1) is 7.25. The van der Waals surface area contributed by atoms with Crippen LogP contribution < -0.4 is 0 Å². The molecule has 0 spiro atoms. The van der Waals surface area contributed by atoms with Crippen LogP contribution in [-0.2, 0) is 5.75 Å². The first-order valence-corrected chi connectivity index (χ1v) is 5.10. The predicted octanol–water partition coefficient (Wildman–Crippen LogP) is 2.26. The molecule has 2 rings (SSSR count). The minimum absolute atomic E-state index is 0.0601. The van der Waals surface area contributed by atoms with E-state index in [1.54, 1.807) is 18.3 Å². The third-order valence-electron chi connectivity index (χ3n) is 1.64. The number of carbonyl (C=O) groups is 1. The summed E-state index contributed by atoms with van der Waals surface area (Å²) < 4.78 is 9.93. The van der Waals surface area contributed by atoms with Gasteiger partial charge in [0.15, 0.2) is 5.09 Å². The van der Waals surface area contributed by atoms with Crippen molar-refractivity contribution in [1.82, 2.24) is 5.16 Å². The summed E-state index contributed by atoms with van der Waals surface area (Å²) in [7, 11) is 0. The van der Waals surface area contributed by atoms with Gasteiger partial charge in [0, 0.05) is 6.07 Å². The van der Waals surface area contributed by atoms with Crippen molar-refractivity contribution < 1.29 is 18.8 Å². The molecular weight excluding hydrogens is 218 g/mol. The van der Waals surface area contributed by atoms with Gasteiger partial charge in [0.1, 0.15) is 5.76 Å². The highest BCUT2D eigenvalue weighted by Crippen LogP contribution is 2.24. The van der Waals surface area contributed by atoms with Gasteiger partial charge in [-0.05, 0) is 12.1 Å². The van der Waals surface area contributed by atoms with Gasteiger partial charge in [-0.15, -0.1) is 0 Å². The lowest BCUT2D eigenvalue weighted by Gasteiger charge is -1.92. The van der Waals surface area contributed by atoms with E-state index in [-0.39, 0.29) is 5.76 Å². The van der Waals surface area contributed by atoms with Crippen LogP contribution in [0.25, 0.3) is 0 Å². The Morgan fingerprint density at radius 3 is 2.93 bits per heavy atom. The normalized spacial score (nSPS) is 10.4. The number of hydrogen-bond acceptors (Lipinski definition) is 5. The van der Waals surface area contributed by atoms with E-state index in [4.69, 9.17) is 14.0 Å². The molecule has 0 unspecified atom stereocenters. The van der Waals surface area contributed by atoms with E-state index in [1.165, 1.54) is 17.8 Å². The van der Waals surface area contributed by atoms with Gasteiger partial charge in [-0.2, -0.15) is 0 Å². The molecule has 0 aromatic carbocycles. The molecule has 78 valence electrons. The molecule has 0 aliphatic carbocycles. The van der Waals surface area contributed by atoms with Gasteiger partial charge in [0.25, 0.3) is 0 Å². The fraction of sp³-hybridized carbons (Fsp3) is 0.111. The molecule has 0 aliphatic heterocycles. The SMILES string of the molecule is O=C(O)c1ccc(SCc2ccno2)o1. The maximum atomic E-state index is 10.5. The topological polar surface area (TPSA) is 76.5 Å². The summed E-state index contributed by atoms with van der Waals surface area (Å²) in [5, 5.41) is 12.7. The second-order valence-corrected chi connectivity index (χ2v) is 3.67. The van der Waals surface area contributed by atoms with Crippen LogP contribution in [-0.4, -0.2) is 16.2 Å². The fourth-order valence-electron chi connectivity index (χ4n) is 0.972. The zero-order valence-corrected chi connectivity index (χ0v) is 8.36. The van der Waals surface area contributed by atoms with Crippen molar-refractivity contribution in [2.24, 2.45) is 0 Å². The Balaban J connectivity index is 1.96. The molecule has 0 atom stereocenters. The van der Waals surface area contributed by atoms with Gasteiger partial charge in [-0.1, -0.05) is 16.9 Å². The number of furan rings is 1. The number of aromatic carboxylic acids is 1. The molecule has 5 nitrogen and oxygen atoms in total. The van der Waals surface area contributed by atoms with Crippen LogP contribution in [0.15, 0.2) is 38.4 Å². The van der Waals surface area contributed by atoms with Gasteiger partial charge >= 0.3 is 5.97 Å². The highest BCUT2D eigenvalue weighted by atomic mass is 32.2. The Morgan fingerprint density at radius 2 is 2.33 bits per heavy atom. The summed E-state index contributed by atoms with van der Waals surface area (Å²) in [6.07, 6.45) is 1.56. The molecule has 2 aromatic heterocycles.